The summed E-state index contributed by atoms with van der Waals surface area (Å²) in [6.07, 6.45) is 2.24. The number of aromatic nitrogens is 1. The van der Waals surface area contributed by atoms with Crippen LogP contribution in [0.5, 0.6) is 0 Å². The van der Waals surface area contributed by atoms with Crippen molar-refractivity contribution in [2.75, 3.05) is 23.7 Å². The molecule has 0 amide bonds. The standard InChI is InChI=1S/C11H16N4O2/c1-2-8-3-4-14(7-8)11-6-9(15(16)17)5-10(12)13-11/h5-6,8H,2-4,7H2,1H3,(H2,12,13). The highest BCUT2D eigenvalue weighted by atomic mass is 16.6. The Hall–Kier alpha value is -1.85. The molecule has 2 rings (SSSR count). The van der Waals surface area contributed by atoms with Crippen molar-refractivity contribution in [2.24, 2.45) is 5.92 Å². The van der Waals surface area contributed by atoms with Gasteiger partial charge in [0.1, 0.15) is 11.6 Å². The summed E-state index contributed by atoms with van der Waals surface area (Å²) in [7, 11) is 0. The molecule has 1 aromatic rings. The Bertz CT molecular complexity index is 435. The molecular weight excluding hydrogens is 220 g/mol. The largest absolute Gasteiger partial charge is 0.383 e. The first-order valence-electron chi connectivity index (χ1n) is 5.77. The highest BCUT2D eigenvalue weighted by Crippen LogP contribution is 2.27. The first-order valence-corrected chi connectivity index (χ1v) is 5.77. The lowest BCUT2D eigenvalue weighted by Gasteiger charge is -2.17. The predicted molar refractivity (Wildman–Crippen MR) is 65.9 cm³/mol. The molecular formula is C11H16N4O2. The van der Waals surface area contributed by atoms with Crippen LogP contribution in [-0.4, -0.2) is 23.0 Å². The van der Waals surface area contributed by atoms with Crippen LogP contribution < -0.4 is 10.6 Å². The topological polar surface area (TPSA) is 85.3 Å². The molecule has 0 bridgehead atoms. The van der Waals surface area contributed by atoms with Gasteiger partial charge in [-0.05, 0) is 12.3 Å². The summed E-state index contributed by atoms with van der Waals surface area (Å²) >= 11 is 0. The van der Waals surface area contributed by atoms with Crippen LogP contribution in [0, 0.1) is 16.0 Å². The second-order valence-electron chi connectivity index (χ2n) is 4.37. The van der Waals surface area contributed by atoms with Crippen molar-refractivity contribution >= 4 is 17.3 Å². The zero-order chi connectivity index (χ0) is 12.4. The molecule has 0 saturated carbocycles. The van der Waals surface area contributed by atoms with Gasteiger partial charge in [-0.3, -0.25) is 10.1 Å². The van der Waals surface area contributed by atoms with E-state index < -0.39 is 4.92 Å². The van der Waals surface area contributed by atoms with Crippen LogP contribution in [0.4, 0.5) is 17.3 Å². The Morgan fingerprint density at radius 3 is 3.00 bits per heavy atom. The molecule has 0 aromatic carbocycles. The molecule has 6 heteroatoms. The fourth-order valence-electron chi connectivity index (χ4n) is 2.16. The zero-order valence-electron chi connectivity index (χ0n) is 9.80. The monoisotopic (exact) mass is 236 g/mol. The van der Waals surface area contributed by atoms with E-state index in [1.54, 1.807) is 0 Å². The molecule has 1 aliphatic heterocycles. The van der Waals surface area contributed by atoms with E-state index in [1.165, 1.54) is 12.1 Å². The normalized spacial score (nSPS) is 19.6. The summed E-state index contributed by atoms with van der Waals surface area (Å²) in [6.45, 7) is 3.96. The molecule has 92 valence electrons. The van der Waals surface area contributed by atoms with Crippen molar-refractivity contribution in [3.8, 4) is 0 Å². The van der Waals surface area contributed by atoms with Gasteiger partial charge in [-0.1, -0.05) is 13.3 Å². The van der Waals surface area contributed by atoms with Gasteiger partial charge in [0.15, 0.2) is 0 Å². The van der Waals surface area contributed by atoms with Crippen molar-refractivity contribution in [3.63, 3.8) is 0 Å². The Labute approximate surface area is 99.6 Å². The SMILES string of the molecule is CCC1CCN(c2cc([N+](=O)[O-])cc(N)n2)C1. The number of pyridine rings is 1. The third kappa shape index (κ3) is 2.46. The third-order valence-electron chi connectivity index (χ3n) is 3.21. The lowest BCUT2D eigenvalue weighted by molar-refractivity contribution is -0.384. The van der Waals surface area contributed by atoms with Gasteiger partial charge in [0.2, 0.25) is 0 Å². The lowest BCUT2D eigenvalue weighted by atomic mass is 10.1. The Kier molecular flexibility index (Phi) is 3.12. The quantitative estimate of drug-likeness (QED) is 0.639. The van der Waals surface area contributed by atoms with Gasteiger partial charge in [0, 0.05) is 13.1 Å². The fourth-order valence-corrected chi connectivity index (χ4v) is 2.16. The van der Waals surface area contributed by atoms with E-state index in [0.717, 1.165) is 25.9 Å². The minimum atomic E-state index is -0.436. The van der Waals surface area contributed by atoms with E-state index in [2.05, 4.69) is 16.8 Å². The van der Waals surface area contributed by atoms with Crippen molar-refractivity contribution < 1.29 is 4.92 Å². The summed E-state index contributed by atoms with van der Waals surface area (Å²) < 4.78 is 0. The smallest absolute Gasteiger partial charge is 0.276 e. The fraction of sp³-hybridized carbons (Fsp3) is 0.545. The highest BCUT2D eigenvalue weighted by Gasteiger charge is 2.23. The molecule has 1 fully saturated rings. The van der Waals surface area contributed by atoms with Gasteiger partial charge in [-0.15, -0.1) is 0 Å². The van der Waals surface area contributed by atoms with Crippen LogP contribution in [0.1, 0.15) is 19.8 Å². The molecule has 1 saturated heterocycles. The predicted octanol–water partition coefficient (Wildman–Crippen LogP) is 1.81. The number of anilines is 2. The number of nitrogen functional groups attached to an aromatic ring is 1. The molecule has 1 atom stereocenters. The van der Waals surface area contributed by atoms with Gasteiger partial charge in [0.25, 0.3) is 5.69 Å². The maximum absolute atomic E-state index is 10.7. The average Bonchev–Trinajstić information content (AvgIpc) is 2.76. The van der Waals surface area contributed by atoms with Gasteiger partial charge < -0.3 is 10.6 Å². The first-order chi connectivity index (χ1) is 8.10. The maximum atomic E-state index is 10.7. The van der Waals surface area contributed by atoms with Crippen LogP contribution in [0.3, 0.4) is 0 Å². The summed E-state index contributed by atoms with van der Waals surface area (Å²) in [6, 6.07) is 2.78. The first kappa shape index (κ1) is 11.6. The molecule has 0 aliphatic carbocycles. The van der Waals surface area contributed by atoms with Crippen molar-refractivity contribution in [3.05, 3.63) is 22.2 Å². The number of nitrogens with two attached hydrogens (primary N) is 1. The second kappa shape index (κ2) is 4.57. The van der Waals surface area contributed by atoms with Crippen LogP contribution in [0.25, 0.3) is 0 Å². The number of hydrogen-bond acceptors (Lipinski definition) is 5. The third-order valence-corrected chi connectivity index (χ3v) is 3.21. The Morgan fingerprint density at radius 1 is 1.65 bits per heavy atom. The van der Waals surface area contributed by atoms with Gasteiger partial charge in [-0.2, -0.15) is 0 Å². The highest BCUT2D eigenvalue weighted by molar-refractivity contribution is 5.54. The molecule has 17 heavy (non-hydrogen) atoms. The van der Waals surface area contributed by atoms with E-state index in [4.69, 9.17) is 5.73 Å². The Morgan fingerprint density at radius 2 is 2.41 bits per heavy atom. The number of nitrogens with zero attached hydrogens (tertiary/aromatic N) is 3. The number of nitro groups is 1. The lowest BCUT2D eigenvalue weighted by Crippen LogP contribution is -2.21. The zero-order valence-corrected chi connectivity index (χ0v) is 9.80. The maximum Gasteiger partial charge on any atom is 0.276 e. The van der Waals surface area contributed by atoms with Crippen molar-refractivity contribution in [1.29, 1.82) is 0 Å². The summed E-state index contributed by atoms with van der Waals surface area (Å²) in [5.41, 5.74) is 5.60. The van der Waals surface area contributed by atoms with Gasteiger partial charge in [-0.25, -0.2) is 4.98 Å². The summed E-state index contributed by atoms with van der Waals surface area (Å²) in [5.74, 6) is 1.47. The van der Waals surface area contributed by atoms with Gasteiger partial charge in [0.05, 0.1) is 17.1 Å². The molecule has 2 N–H and O–H groups in total. The van der Waals surface area contributed by atoms with E-state index in [9.17, 15) is 10.1 Å². The number of rotatable bonds is 3. The van der Waals surface area contributed by atoms with Crippen LogP contribution in [0.2, 0.25) is 0 Å². The molecule has 0 radical (unpaired) electrons. The van der Waals surface area contributed by atoms with Gasteiger partial charge >= 0.3 is 0 Å². The van der Waals surface area contributed by atoms with E-state index >= 15 is 0 Å². The van der Waals surface area contributed by atoms with Crippen molar-refractivity contribution in [1.82, 2.24) is 4.98 Å². The summed E-state index contributed by atoms with van der Waals surface area (Å²) in [4.78, 5) is 16.5. The van der Waals surface area contributed by atoms with Crippen LogP contribution in [-0.2, 0) is 0 Å². The molecule has 1 unspecified atom stereocenters. The molecule has 2 heterocycles. The Balaban J connectivity index is 2.24. The van der Waals surface area contributed by atoms with E-state index in [-0.39, 0.29) is 11.5 Å². The van der Waals surface area contributed by atoms with Crippen LogP contribution in [0.15, 0.2) is 12.1 Å². The molecule has 1 aliphatic rings. The average molecular weight is 236 g/mol. The molecule has 0 spiro atoms. The van der Waals surface area contributed by atoms with E-state index in [0.29, 0.717) is 11.7 Å². The minimum Gasteiger partial charge on any atom is -0.383 e. The number of hydrogen-bond donors (Lipinski definition) is 1. The summed E-state index contributed by atoms with van der Waals surface area (Å²) in [5, 5.41) is 10.7. The minimum absolute atomic E-state index is 0.00690. The molecule has 1 aromatic heterocycles. The van der Waals surface area contributed by atoms with Crippen molar-refractivity contribution in [2.45, 2.75) is 19.8 Å². The second-order valence-corrected chi connectivity index (χ2v) is 4.37. The van der Waals surface area contributed by atoms with Crippen LogP contribution >= 0.6 is 0 Å². The molecule has 6 nitrogen and oxygen atoms in total. The van der Waals surface area contributed by atoms with E-state index in [1.807, 2.05) is 0 Å².